The van der Waals surface area contributed by atoms with Gasteiger partial charge in [0.05, 0.1) is 6.10 Å². The maximum atomic E-state index is 6.03. The molecule has 0 bridgehead atoms. The second-order valence-electron chi connectivity index (χ2n) is 5.02. The van der Waals surface area contributed by atoms with Crippen molar-refractivity contribution in [2.24, 2.45) is 0 Å². The minimum absolute atomic E-state index is 0.0522. The number of nitrogens with zero attached hydrogens (tertiary/aromatic N) is 1. The lowest BCUT2D eigenvalue weighted by atomic mass is 9.96. The number of rotatable bonds is 8. The van der Waals surface area contributed by atoms with Crippen LogP contribution in [0.2, 0.25) is 0 Å². The van der Waals surface area contributed by atoms with E-state index in [0.717, 1.165) is 13.0 Å². The Bertz CT molecular complexity index is 501. The molecule has 1 N–H and O–H groups in total. The summed E-state index contributed by atoms with van der Waals surface area (Å²) in [5.74, 6) is 0. The van der Waals surface area contributed by atoms with E-state index in [4.69, 9.17) is 4.74 Å². The minimum atomic E-state index is 0.0522. The van der Waals surface area contributed by atoms with Gasteiger partial charge < -0.3 is 10.1 Å². The molecule has 0 aliphatic carbocycles. The molecular formula is C18H24N2O. The molecule has 0 fully saturated rings. The Labute approximate surface area is 127 Å². The highest BCUT2D eigenvalue weighted by molar-refractivity contribution is 5.21. The molecule has 0 aliphatic heterocycles. The number of benzene rings is 1. The van der Waals surface area contributed by atoms with E-state index in [2.05, 4.69) is 47.6 Å². The van der Waals surface area contributed by atoms with E-state index in [1.165, 1.54) is 11.1 Å². The van der Waals surface area contributed by atoms with Crippen molar-refractivity contribution < 1.29 is 4.74 Å². The molecule has 1 heterocycles. The third kappa shape index (κ3) is 4.66. The number of ether oxygens (including phenoxy) is 1. The van der Waals surface area contributed by atoms with Crippen LogP contribution in [0.4, 0.5) is 0 Å². The Kier molecular flexibility index (Phi) is 6.38. The van der Waals surface area contributed by atoms with Crippen molar-refractivity contribution in [3.63, 3.8) is 0 Å². The van der Waals surface area contributed by atoms with Gasteiger partial charge in [0.2, 0.25) is 0 Å². The lowest BCUT2D eigenvalue weighted by molar-refractivity contribution is 0.0336. The van der Waals surface area contributed by atoms with Gasteiger partial charge in [0.1, 0.15) is 0 Å². The Balaban J connectivity index is 2.20. The van der Waals surface area contributed by atoms with E-state index in [-0.39, 0.29) is 12.1 Å². The predicted molar refractivity (Wildman–Crippen MR) is 86.2 cm³/mol. The summed E-state index contributed by atoms with van der Waals surface area (Å²) in [6, 6.07) is 14.8. The molecule has 112 valence electrons. The SMILES string of the molecule is CCNC(Cc1cccnc1)C(OCC)c1ccccc1. The van der Waals surface area contributed by atoms with Crippen LogP contribution in [0.25, 0.3) is 0 Å². The highest BCUT2D eigenvalue weighted by Crippen LogP contribution is 2.23. The summed E-state index contributed by atoms with van der Waals surface area (Å²) in [6.07, 6.45) is 4.69. The smallest absolute Gasteiger partial charge is 0.0980 e. The lowest BCUT2D eigenvalue weighted by Gasteiger charge is -2.28. The van der Waals surface area contributed by atoms with Crippen molar-refractivity contribution in [2.75, 3.05) is 13.2 Å². The van der Waals surface area contributed by atoms with E-state index in [9.17, 15) is 0 Å². The first-order valence-corrected chi connectivity index (χ1v) is 7.64. The Morgan fingerprint density at radius 1 is 1.10 bits per heavy atom. The van der Waals surface area contributed by atoms with E-state index < -0.39 is 0 Å². The standard InChI is InChI=1S/C18H24N2O/c1-3-20-17(13-15-9-8-12-19-14-15)18(21-4-2)16-10-6-5-7-11-16/h5-12,14,17-18,20H,3-4,13H2,1-2H3. The highest BCUT2D eigenvalue weighted by atomic mass is 16.5. The number of hydrogen-bond donors (Lipinski definition) is 1. The maximum absolute atomic E-state index is 6.03. The van der Waals surface area contributed by atoms with Crippen LogP contribution in [-0.4, -0.2) is 24.2 Å². The van der Waals surface area contributed by atoms with Crippen molar-refractivity contribution in [3.8, 4) is 0 Å². The molecule has 2 aromatic rings. The third-order valence-electron chi connectivity index (χ3n) is 3.48. The zero-order chi connectivity index (χ0) is 14.9. The molecule has 3 heteroatoms. The second-order valence-corrected chi connectivity index (χ2v) is 5.02. The first-order valence-electron chi connectivity index (χ1n) is 7.64. The van der Waals surface area contributed by atoms with Crippen LogP contribution in [-0.2, 0) is 11.2 Å². The van der Waals surface area contributed by atoms with Crippen LogP contribution in [0.5, 0.6) is 0 Å². The normalized spacial score (nSPS) is 13.8. The van der Waals surface area contributed by atoms with E-state index in [1.807, 2.05) is 31.5 Å². The zero-order valence-corrected chi connectivity index (χ0v) is 12.8. The average Bonchev–Trinajstić information content (AvgIpc) is 2.54. The molecule has 1 aromatic heterocycles. The molecule has 0 radical (unpaired) electrons. The molecule has 0 spiro atoms. The summed E-state index contributed by atoms with van der Waals surface area (Å²) in [5.41, 5.74) is 2.44. The van der Waals surface area contributed by atoms with Crippen molar-refractivity contribution >= 4 is 0 Å². The van der Waals surface area contributed by atoms with Gasteiger partial charge in [-0.15, -0.1) is 0 Å². The number of aromatic nitrogens is 1. The summed E-state index contributed by atoms with van der Waals surface area (Å²) < 4.78 is 6.03. The van der Waals surface area contributed by atoms with Gasteiger partial charge in [0.15, 0.2) is 0 Å². The van der Waals surface area contributed by atoms with Gasteiger partial charge >= 0.3 is 0 Å². The molecule has 0 saturated carbocycles. The fourth-order valence-corrected chi connectivity index (χ4v) is 2.59. The zero-order valence-electron chi connectivity index (χ0n) is 12.8. The molecule has 3 nitrogen and oxygen atoms in total. The summed E-state index contributed by atoms with van der Waals surface area (Å²) in [5, 5.41) is 3.56. The average molecular weight is 284 g/mol. The topological polar surface area (TPSA) is 34.2 Å². The van der Waals surface area contributed by atoms with E-state index in [0.29, 0.717) is 6.61 Å². The summed E-state index contributed by atoms with van der Waals surface area (Å²) in [6.45, 7) is 5.79. The van der Waals surface area contributed by atoms with Crippen LogP contribution in [0.15, 0.2) is 54.9 Å². The van der Waals surface area contributed by atoms with Crippen molar-refractivity contribution in [1.29, 1.82) is 0 Å². The number of nitrogens with one attached hydrogen (secondary N) is 1. The number of pyridine rings is 1. The molecule has 1 aromatic carbocycles. The first-order chi connectivity index (χ1) is 10.3. The van der Waals surface area contributed by atoms with Crippen molar-refractivity contribution in [2.45, 2.75) is 32.4 Å². The van der Waals surface area contributed by atoms with Gasteiger partial charge in [-0.1, -0.05) is 43.3 Å². The molecule has 21 heavy (non-hydrogen) atoms. The fourth-order valence-electron chi connectivity index (χ4n) is 2.59. The summed E-state index contributed by atoms with van der Waals surface area (Å²) >= 11 is 0. The second kappa shape index (κ2) is 8.55. The van der Waals surface area contributed by atoms with Crippen LogP contribution in [0.3, 0.4) is 0 Å². The molecule has 0 saturated heterocycles. The van der Waals surface area contributed by atoms with E-state index >= 15 is 0 Å². The lowest BCUT2D eigenvalue weighted by Crippen LogP contribution is -2.38. The van der Waals surface area contributed by atoms with Crippen molar-refractivity contribution in [1.82, 2.24) is 10.3 Å². The van der Waals surface area contributed by atoms with Gasteiger partial charge in [-0.2, -0.15) is 0 Å². The molecule has 0 amide bonds. The third-order valence-corrected chi connectivity index (χ3v) is 3.48. The monoisotopic (exact) mass is 284 g/mol. The Morgan fingerprint density at radius 3 is 2.52 bits per heavy atom. The summed E-state index contributed by atoms with van der Waals surface area (Å²) in [4.78, 5) is 4.21. The first kappa shape index (κ1) is 15.7. The molecule has 2 atom stereocenters. The highest BCUT2D eigenvalue weighted by Gasteiger charge is 2.23. The summed E-state index contributed by atoms with van der Waals surface area (Å²) in [7, 11) is 0. The molecule has 2 unspecified atom stereocenters. The minimum Gasteiger partial charge on any atom is -0.372 e. The van der Waals surface area contributed by atoms with Gasteiger partial charge in [0.25, 0.3) is 0 Å². The Hall–Kier alpha value is -1.71. The number of likely N-dealkylation sites (N-methyl/N-ethyl adjacent to an activating group) is 1. The molecule has 0 aliphatic rings. The van der Waals surface area contributed by atoms with E-state index in [1.54, 1.807) is 0 Å². The van der Waals surface area contributed by atoms with Gasteiger partial charge in [-0.25, -0.2) is 0 Å². The molecular weight excluding hydrogens is 260 g/mol. The molecule has 2 rings (SSSR count). The van der Waals surface area contributed by atoms with Crippen LogP contribution in [0, 0.1) is 0 Å². The Morgan fingerprint density at radius 2 is 1.90 bits per heavy atom. The largest absolute Gasteiger partial charge is 0.372 e. The van der Waals surface area contributed by atoms with Crippen molar-refractivity contribution in [3.05, 3.63) is 66.0 Å². The van der Waals surface area contributed by atoms with Gasteiger partial charge in [0, 0.05) is 25.0 Å². The maximum Gasteiger partial charge on any atom is 0.0980 e. The quantitative estimate of drug-likeness (QED) is 0.807. The van der Waals surface area contributed by atoms with Crippen LogP contribution < -0.4 is 5.32 Å². The fraction of sp³-hybridized carbons (Fsp3) is 0.389. The predicted octanol–water partition coefficient (Wildman–Crippen LogP) is 3.38. The van der Waals surface area contributed by atoms with Crippen LogP contribution >= 0.6 is 0 Å². The number of hydrogen-bond acceptors (Lipinski definition) is 3. The van der Waals surface area contributed by atoms with Crippen LogP contribution in [0.1, 0.15) is 31.1 Å². The van der Waals surface area contributed by atoms with Gasteiger partial charge in [-0.3, -0.25) is 4.98 Å². The van der Waals surface area contributed by atoms with Gasteiger partial charge in [-0.05, 0) is 37.1 Å².